The summed E-state index contributed by atoms with van der Waals surface area (Å²) in [4.78, 5) is 7.94. The van der Waals surface area contributed by atoms with Crippen molar-refractivity contribution in [1.82, 2.24) is 14.5 Å². The van der Waals surface area contributed by atoms with Crippen LogP contribution in [0.3, 0.4) is 0 Å². The predicted molar refractivity (Wildman–Crippen MR) is 76.3 cm³/mol. The van der Waals surface area contributed by atoms with Crippen LogP contribution in [0.4, 0.5) is 0 Å². The van der Waals surface area contributed by atoms with Gasteiger partial charge in [0.05, 0.1) is 5.52 Å². The molecule has 0 radical (unpaired) electrons. The van der Waals surface area contributed by atoms with E-state index in [1.54, 1.807) is 0 Å². The van der Waals surface area contributed by atoms with Crippen LogP contribution in [0, 0.1) is 17.6 Å². The third kappa shape index (κ3) is 2.09. The molecule has 1 unspecified atom stereocenters. The minimum atomic E-state index is 0.494. The highest BCUT2D eigenvalue weighted by Gasteiger charge is 2.26. The van der Waals surface area contributed by atoms with Crippen LogP contribution in [0.2, 0.25) is 0 Å². The minimum absolute atomic E-state index is 0.494. The van der Waals surface area contributed by atoms with Gasteiger partial charge in [-0.3, -0.25) is 4.57 Å². The van der Waals surface area contributed by atoms with Gasteiger partial charge < -0.3 is 4.98 Å². The number of pyridine rings is 1. The molecule has 0 amide bonds. The highest BCUT2D eigenvalue weighted by Crippen LogP contribution is 2.38. The van der Waals surface area contributed by atoms with Crippen molar-refractivity contribution in [3.63, 3.8) is 0 Å². The number of imidazole rings is 1. The van der Waals surface area contributed by atoms with E-state index in [1.807, 2.05) is 13.0 Å². The van der Waals surface area contributed by atoms with Crippen molar-refractivity contribution in [3.05, 3.63) is 22.6 Å². The molecule has 0 aliphatic heterocycles. The summed E-state index contributed by atoms with van der Waals surface area (Å²) < 4.78 is 3.05. The Morgan fingerprint density at radius 1 is 1.50 bits per heavy atom. The molecule has 1 aliphatic rings. The Hall–Kier alpha value is -1.16. The van der Waals surface area contributed by atoms with Crippen molar-refractivity contribution in [2.75, 3.05) is 0 Å². The second-order valence-electron chi connectivity index (χ2n) is 5.37. The van der Waals surface area contributed by atoms with Gasteiger partial charge in [-0.15, -0.1) is 0 Å². The fourth-order valence-electron chi connectivity index (χ4n) is 2.63. The Balaban J connectivity index is 2.10. The van der Waals surface area contributed by atoms with E-state index < -0.39 is 0 Å². The SMILES string of the molecule is CCC(CC1CC1)n1c(=S)[nH]c2ccc(C)nc21. The summed E-state index contributed by atoms with van der Waals surface area (Å²) >= 11 is 5.48. The Morgan fingerprint density at radius 3 is 2.94 bits per heavy atom. The zero-order chi connectivity index (χ0) is 12.7. The van der Waals surface area contributed by atoms with Gasteiger partial charge in [0.1, 0.15) is 0 Å². The number of rotatable bonds is 4. The molecule has 2 aromatic rings. The molecule has 0 spiro atoms. The first-order valence-electron chi connectivity index (χ1n) is 6.77. The van der Waals surface area contributed by atoms with Crippen molar-refractivity contribution < 1.29 is 0 Å². The highest BCUT2D eigenvalue weighted by atomic mass is 32.1. The third-order valence-corrected chi connectivity index (χ3v) is 4.14. The maximum absolute atomic E-state index is 5.48. The minimum Gasteiger partial charge on any atom is -0.329 e. The molecule has 1 fully saturated rings. The van der Waals surface area contributed by atoms with Crippen molar-refractivity contribution in [3.8, 4) is 0 Å². The van der Waals surface area contributed by atoms with Gasteiger partial charge in [0.15, 0.2) is 10.4 Å². The van der Waals surface area contributed by atoms with Gasteiger partial charge in [0, 0.05) is 11.7 Å². The average Bonchev–Trinajstić information content (AvgIpc) is 3.10. The predicted octanol–water partition coefficient (Wildman–Crippen LogP) is 4.15. The summed E-state index contributed by atoms with van der Waals surface area (Å²) in [6, 6.07) is 4.60. The van der Waals surface area contributed by atoms with Crippen LogP contribution in [-0.4, -0.2) is 14.5 Å². The van der Waals surface area contributed by atoms with Gasteiger partial charge in [0.2, 0.25) is 0 Å². The van der Waals surface area contributed by atoms with Gasteiger partial charge in [-0.05, 0) is 50.0 Å². The molecule has 0 bridgehead atoms. The van der Waals surface area contributed by atoms with Gasteiger partial charge >= 0.3 is 0 Å². The normalized spacial score (nSPS) is 17.2. The first-order chi connectivity index (χ1) is 8.69. The number of hydrogen-bond donors (Lipinski definition) is 1. The molecule has 3 nitrogen and oxygen atoms in total. The van der Waals surface area contributed by atoms with E-state index in [9.17, 15) is 0 Å². The highest BCUT2D eigenvalue weighted by molar-refractivity contribution is 7.71. The zero-order valence-electron chi connectivity index (χ0n) is 10.9. The molecule has 2 aromatic heterocycles. The van der Waals surface area contributed by atoms with Crippen LogP contribution >= 0.6 is 12.2 Å². The largest absolute Gasteiger partial charge is 0.329 e. The molecule has 2 heterocycles. The number of hydrogen-bond acceptors (Lipinski definition) is 2. The van der Waals surface area contributed by atoms with E-state index in [2.05, 4.69) is 27.5 Å². The van der Waals surface area contributed by atoms with Crippen LogP contribution < -0.4 is 0 Å². The third-order valence-electron chi connectivity index (χ3n) is 3.84. The van der Waals surface area contributed by atoms with E-state index in [4.69, 9.17) is 12.2 Å². The molecule has 1 saturated carbocycles. The number of nitrogens with one attached hydrogen (secondary N) is 1. The lowest BCUT2D eigenvalue weighted by Crippen LogP contribution is -2.10. The van der Waals surface area contributed by atoms with Gasteiger partial charge in [-0.25, -0.2) is 4.98 Å². The molecule has 0 saturated heterocycles. The zero-order valence-corrected chi connectivity index (χ0v) is 11.8. The van der Waals surface area contributed by atoms with Crippen molar-refractivity contribution in [1.29, 1.82) is 0 Å². The van der Waals surface area contributed by atoms with Crippen LogP contribution in [0.15, 0.2) is 12.1 Å². The molecule has 1 N–H and O–H groups in total. The topological polar surface area (TPSA) is 33.6 Å². The fraction of sp³-hybridized carbons (Fsp3) is 0.571. The Labute approximate surface area is 112 Å². The number of H-pyrrole nitrogens is 1. The lowest BCUT2D eigenvalue weighted by atomic mass is 10.1. The second kappa shape index (κ2) is 4.50. The van der Waals surface area contributed by atoms with Gasteiger partial charge in [-0.1, -0.05) is 19.8 Å². The van der Waals surface area contributed by atoms with E-state index in [1.165, 1.54) is 19.3 Å². The average molecular weight is 261 g/mol. The van der Waals surface area contributed by atoms with Gasteiger partial charge in [-0.2, -0.15) is 0 Å². The number of fused-ring (bicyclic) bond motifs is 1. The quantitative estimate of drug-likeness (QED) is 0.839. The maximum atomic E-state index is 5.48. The van der Waals surface area contributed by atoms with Crippen LogP contribution in [0.1, 0.15) is 44.3 Å². The first-order valence-corrected chi connectivity index (χ1v) is 7.17. The molecular weight excluding hydrogens is 242 g/mol. The molecule has 18 heavy (non-hydrogen) atoms. The van der Waals surface area contributed by atoms with E-state index in [-0.39, 0.29) is 0 Å². The maximum Gasteiger partial charge on any atom is 0.179 e. The van der Waals surface area contributed by atoms with Crippen molar-refractivity contribution in [2.24, 2.45) is 5.92 Å². The Morgan fingerprint density at radius 2 is 2.28 bits per heavy atom. The fourth-order valence-corrected chi connectivity index (χ4v) is 2.97. The summed E-state index contributed by atoms with van der Waals surface area (Å²) in [6.45, 7) is 4.27. The lowest BCUT2D eigenvalue weighted by molar-refractivity contribution is 0.432. The van der Waals surface area contributed by atoms with E-state index in [0.29, 0.717) is 6.04 Å². The van der Waals surface area contributed by atoms with Crippen LogP contribution in [0.25, 0.3) is 11.2 Å². The Bertz CT molecular complexity index is 621. The number of aromatic amines is 1. The molecule has 3 rings (SSSR count). The van der Waals surface area contributed by atoms with Gasteiger partial charge in [0.25, 0.3) is 0 Å². The molecule has 4 heteroatoms. The first kappa shape index (κ1) is 11.9. The standard InChI is InChI=1S/C14H19N3S/c1-3-11(8-10-5-6-10)17-13-12(16-14(17)18)7-4-9(2)15-13/h4,7,10-11H,3,5-6,8H2,1-2H3,(H,16,18). The Kier molecular flexibility index (Phi) is 2.98. The second-order valence-corrected chi connectivity index (χ2v) is 5.75. The molecular formula is C14H19N3S. The number of aromatic nitrogens is 3. The van der Waals surface area contributed by atoms with Crippen LogP contribution in [-0.2, 0) is 0 Å². The molecule has 96 valence electrons. The smallest absolute Gasteiger partial charge is 0.179 e. The summed E-state index contributed by atoms with van der Waals surface area (Å²) in [5.41, 5.74) is 3.12. The van der Waals surface area contributed by atoms with Crippen molar-refractivity contribution >= 4 is 23.4 Å². The number of nitrogens with zero attached hydrogens (tertiary/aromatic N) is 2. The summed E-state index contributed by atoms with van der Waals surface area (Å²) in [5, 5.41) is 0. The lowest BCUT2D eigenvalue weighted by Gasteiger charge is -2.17. The molecule has 0 aromatic carbocycles. The molecule has 1 aliphatic carbocycles. The summed E-state index contributed by atoms with van der Waals surface area (Å²) in [5.74, 6) is 0.909. The van der Waals surface area contributed by atoms with Crippen LogP contribution in [0.5, 0.6) is 0 Å². The molecule has 1 atom stereocenters. The number of aryl methyl sites for hydroxylation is 1. The monoisotopic (exact) mass is 261 g/mol. The summed E-state index contributed by atoms with van der Waals surface area (Å²) in [6.07, 6.45) is 5.14. The van der Waals surface area contributed by atoms with Crippen molar-refractivity contribution in [2.45, 2.75) is 45.6 Å². The summed E-state index contributed by atoms with van der Waals surface area (Å²) in [7, 11) is 0. The van der Waals surface area contributed by atoms with E-state index >= 15 is 0 Å². The van der Waals surface area contributed by atoms with E-state index in [0.717, 1.165) is 34.0 Å².